The van der Waals surface area contributed by atoms with Gasteiger partial charge in [0.1, 0.15) is 30.2 Å². The summed E-state index contributed by atoms with van der Waals surface area (Å²) in [6, 6.07) is 8.68. The fourth-order valence-corrected chi connectivity index (χ4v) is 14.4. The van der Waals surface area contributed by atoms with Gasteiger partial charge in [-0.2, -0.15) is 26.3 Å². The highest BCUT2D eigenvalue weighted by molar-refractivity contribution is 6.39. The van der Waals surface area contributed by atoms with Crippen LogP contribution in [0.1, 0.15) is 172 Å². The van der Waals surface area contributed by atoms with Crippen LogP contribution in [-0.2, 0) is 81.4 Å². The highest BCUT2D eigenvalue weighted by atomic mass is 35.5. The number of hydrogen-bond acceptors (Lipinski definition) is 20. The van der Waals surface area contributed by atoms with E-state index >= 15 is 0 Å². The number of hydroxylamine groups is 2. The van der Waals surface area contributed by atoms with Crippen molar-refractivity contribution in [3.8, 4) is 0 Å². The van der Waals surface area contributed by atoms with Crippen LogP contribution in [0.4, 0.5) is 35.9 Å². The summed E-state index contributed by atoms with van der Waals surface area (Å²) in [4.78, 5) is 215. The number of carbonyl (C=O) groups excluding carboxylic acids is 16. The van der Waals surface area contributed by atoms with Gasteiger partial charge >= 0.3 is 24.6 Å². The molecule has 13 amide bonds. The first kappa shape index (κ1) is 97.8. The van der Waals surface area contributed by atoms with Crippen LogP contribution >= 0.6 is 12.4 Å². The summed E-state index contributed by atoms with van der Waals surface area (Å²) in [6.07, 6.45) is -9.47. The maximum absolute atomic E-state index is 14.2. The van der Waals surface area contributed by atoms with Crippen LogP contribution in [-0.4, -0.2) is 234 Å². The molecule has 7 fully saturated rings. The molecule has 0 bridgehead atoms. The molecule has 9 N–H and O–H groups in total. The average Bonchev–Trinajstić information content (AvgIpc) is 1.53. The minimum absolute atomic E-state index is 0. The number of ketones is 2. The molecule has 0 aromatic heterocycles. The predicted molar refractivity (Wildman–Crippen MR) is 416 cm³/mol. The van der Waals surface area contributed by atoms with Crippen LogP contribution in [0.5, 0.6) is 0 Å². The number of alkyl halides is 6. The van der Waals surface area contributed by atoms with E-state index in [0.717, 1.165) is 25.7 Å². The zero-order valence-corrected chi connectivity index (χ0v) is 70.9. The largest absolute Gasteiger partial charge is 0.534 e. The van der Waals surface area contributed by atoms with Crippen molar-refractivity contribution in [3.63, 3.8) is 0 Å². The molecule has 39 heteroatoms. The zero-order valence-electron chi connectivity index (χ0n) is 70.1. The third-order valence-corrected chi connectivity index (χ3v) is 22.6. The number of ether oxygens (including phenoxy) is 2. The molecule has 119 heavy (non-hydrogen) atoms. The standard InChI is InChI=1S/C38H53F3N6O8.C33H48N6O6.C9H10F3NO5.ClH/c1-35(2,3)29(45-34(54)55-37(6,7)38(39,40)41)33(53)47-19-22-25(36(22,4)5)27(47)30(50)43-23(17-20-15-16-20)28(49)31(51)42-18-24(48)44-26(32(52)46(8)9)21-13-11-10-12-14-21;1-32(2,3)27(34)31(45)39-17-20-23(33(20,4)5)25(39)28(42)36-21(15-18-13-14-18)26(41)29(43)35-16-22(40)37-24(30(44)38(6)7)19-11-9-8-10-12-19;1-8(2,9(10,11)12)17-7(16)18-13-5(14)3-4-6(13)15;/h10-14,20,22-23,25-27,29H,15-19H2,1-9H3,(H,42,51)(H,43,50)(H,44,48)(H,45,54);8-12,18,20-21,23-25,27H,13-17,34H2,1-7H3,(H,35,43)(H,36,42)(H,37,40);3-4H2,1-2H3;1H/t22?,23?,25-,26-,27-,29?;20?,21?,23-,24-,25-,27?;;/m00../s1. The lowest BCUT2D eigenvalue weighted by atomic mass is 9.85. The molecule has 32 nitrogen and oxygen atoms in total. The average molecular weight is 1710 g/mol. The highest BCUT2D eigenvalue weighted by Gasteiger charge is 2.71. The van der Waals surface area contributed by atoms with Gasteiger partial charge < -0.3 is 72.0 Å². The summed E-state index contributed by atoms with van der Waals surface area (Å²) >= 11 is 0. The van der Waals surface area contributed by atoms with Crippen molar-refractivity contribution in [3.05, 3.63) is 71.8 Å². The Morgan fingerprint density at radius 1 is 0.513 bits per heavy atom. The monoisotopic (exact) mass is 1710 g/mol. The minimum Gasteiger partial charge on any atom is -0.434 e. The molecule has 7 aliphatic rings. The number of likely N-dealkylation sites (N-methyl/N-ethyl adjacent to an activating group) is 2. The van der Waals surface area contributed by atoms with Crippen molar-refractivity contribution in [1.29, 1.82) is 0 Å². The second-order valence-electron chi connectivity index (χ2n) is 35.9. The van der Waals surface area contributed by atoms with Crippen LogP contribution in [0.25, 0.3) is 0 Å². The summed E-state index contributed by atoms with van der Waals surface area (Å²) in [5.74, 6) is -10.1. The van der Waals surface area contributed by atoms with Crippen molar-refractivity contribution < 1.29 is 117 Å². The van der Waals surface area contributed by atoms with Crippen LogP contribution in [0.15, 0.2) is 60.7 Å². The van der Waals surface area contributed by atoms with Gasteiger partial charge in [-0.05, 0) is 109 Å². The summed E-state index contributed by atoms with van der Waals surface area (Å²) < 4.78 is 86.2. The summed E-state index contributed by atoms with van der Waals surface area (Å²) in [6.45, 7) is 20.4. The third-order valence-electron chi connectivity index (χ3n) is 22.6. The van der Waals surface area contributed by atoms with Gasteiger partial charge in [0.2, 0.25) is 70.0 Å². The Bertz CT molecular complexity index is 4150. The number of amides is 13. The normalized spacial score (nSPS) is 21.6. The van der Waals surface area contributed by atoms with E-state index in [2.05, 4.69) is 65.4 Å². The molecule has 12 atom stereocenters. The molecule has 3 heterocycles. The Morgan fingerprint density at radius 3 is 1.19 bits per heavy atom. The Hall–Kier alpha value is -10.0. The first-order valence-corrected chi connectivity index (χ1v) is 38.9. The molecule has 3 saturated heterocycles. The lowest BCUT2D eigenvalue weighted by Crippen LogP contribution is -2.61. The number of nitrogens with one attached hydrogen (secondary N) is 7. The predicted octanol–water partition coefficient (Wildman–Crippen LogP) is 5.59. The Kier molecular flexibility index (Phi) is 31.0. The number of alkyl carbamates (subject to hydrolysis) is 1. The molecule has 660 valence electrons. The van der Waals surface area contributed by atoms with Crippen LogP contribution in [0.3, 0.4) is 0 Å². The van der Waals surface area contributed by atoms with E-state index < -0.39 is 179 Å². The third kappa shape index (κ3) is 24.4. The van der Waals surface area contributed by atoms with Crippen molar-refractivity contribution in [2.75, 3.05) is 54.4 Å². The van der Waals surface area contributed by atoms with Crippen molar-refractivity contribution in [1.82, 2.24) is 61.9 Å². The maximum atomic E-state index is 14.2. The Balaban J connectivity index is 0.000000307. The van der Waals surface area contributed by atoms with E-state index in [0.29, 0.717) is 45.4 Å². The van der Waals surface area contributed by atoms with Crippen LogP contribution in [0, 0.1) is 57.2 Å². The highest BCUT2D eigenvalue weighted by Crippen LogP contribution is 2.66. The van der Waals surface area contributed by atoms with Crippen LogP contribution < -0.4 is 43.0 Å². The van der Waals surface area contributed by atoms with Gasteiger partial charge in [0.25, 0.3) is 23.6 Å². The molecule has 6 unspecified atom stereocenters. The van der Waals surface area contributed by atoms with Gasteiger partial charge in [-0.15, -0.1) is 12.4 Å². The van der Waals surface area contributed by atoms with Gasteiger partial charge in [-0.1, -0.05) is 161 Å². The number of benzene rings is 2. The second kappa shape index (κ2) is 37.7. The zero-order chi connectivity index (χ0) is 89.0. The van der Waals surface area contributed by atoms with Gasteiger partial charge in [0.15, 0.2) is 0 Å². The number of nitrogens with zero attached hydrogens (tertiary/aromatic N) is 5. The first-order chi connectivity index (χ1) is 54.3. The molecule has 3 aliphatic heterocycles. The molecular formula is C80H112ClF6N13O19. The van der Waals surface area contributed by atoms with E-state index in [9.17, 15) is 103 Å². The smallest absolute Gasteiger partial charge is 0.434 e. The molecule has 4 aliphatic carbocycles. The fourth-order valence-electron chi connectivity index (χ4n) is 14.4. The number of fused-ring (bicyclic) bond motifs is 2. The summed E-state index contributed by atoms with van der Waals surface area (Å²) in [7, 11) is 6.21. The fraction of sp³-hybridized carbons (Fsp3) is 0.650. The maximum Gasteiger partial charge on any atom is 0.534 e. The number of hydrogen-bond donors (Lipinski definition) is 8. The lowest BCUT2D eigenvalue weighted by molar-refractivity contribution is -0.256. The van der Waals surface area contributed by atoms with E-state index in [4.69, 9.17) is 5.73 Å². The van der Waals surface area contributed by atoms with Gasteiger partial charge in [-0.25, -0.2) is 9.59 Å². The number of nitrogens with two attached hydrogens (primary N) is 1. The van der Waals surface area contributed by atoms with Gasteiger partial charge in [0, 0.05) is 54.1 Å². The van der Waals surface area contributed by atoms with Crippen molar-refractivity contribution >= 4 is 107 Å². The van der Waals surface area contributed by atoms with Crippen molar-refractivity contribution in [2.45, 2.75) is 220 Å². The summed E-state index contributed by atoms with van der Waals surface area (Å²) in [5.41, 5.74) is -0.294. The molecule has 4 saturated carbocycles. The number of imide groups is 1. The number of Topliss-reactive ketones (excluding diaryl/α,β-unsaturated/α-hetero) is 2. The molecule has 2 aromatic rings. The number of likely N-dealkylation sites (tertiary alicyclic amines) is 2. The number of piperidine rings is 2. The van der Waals surface area contributed by atoms with Gasteiger partial charge in [-0.3, -0.25) is 72.0 Å². The Labute approximate surface area is 692 Å². The second-order valence-corrected chi connectivity index (χ2v) is 35.9. The lowest BCUT2D eigenvalue weighted by Gasteiger charge is -2.38. The first-order valence-electron chi connectivity index (χ1n) is 38.9. The SMILES string of the molecule is CC(C)(OC(=O)ON1C(=O)CCC1=O)C(F)(F)F.CN(C)C(=O)[C@@H](NC(=O)CNC(=O)C(=O)C(CC1CC1)NC(=O)[C@@H]1[C@@H]2C(CN1C(=O)C(N)C(C)(C)C)C2(C)C)c1ccccc1.CN(C)C(=O)[C@@H](NC(=O)CNC(=O)C(=O)C(CC1CC1)NC(=O)[C@@H]1[C@@H]2C(CN1C(=O)C(NC(=O)OC(C)(C)C(F)(F)F)C(C)(C)C)C2(C)C)c1ccccc1.Cl. The molecular weight excluding hydrogens is 1600 g/mol. The van der Waals surface area contributed by atoms with E-state index in [1.807, 2.05) is 34.6 Å². The molecule has 0 radical (unpaired) electrons. The molecule has 2 aromatic carbocycles. The molecule has 0 spiro atoms. The Morgan fingerprint density at radius 2 is 0.866 bits per heavy atom. The number of halogens is 7. The number of rotatable bonds is 28. The minimum atomic E-state index is -4.88. The summed E-state index contributed by atoms with van der Waals surface area (Å²) in [5, 5.41) is 17.8. The topological polar surface area (TPSA) is 427 Å². The quantitative estimate of drug-likeness (QED) is 0.0223. The van der Waals surface area contributed by atoms with E-state index in [1.165, 1.54) is 28.8 Å². The molecule has 9 rings (SSSR count). The van der Waals surface area contributed by atoms with E-state index in [1.54, 1.807) is 100 Å². The van der Waals surface area contributed by atoms with Crippen LogP contribution in [0.2, 0.25) is 0 Å². The van der Waals surface area contributed by atoms with E-state index in [-0.39, 0.29) is 108 Å². The van der Waals surface area contributed by atoms with Gasteiger partial charge in [0.05, 0.1) is 31.2 Å². The number of carbonyl (C=O) groups is 16. The van der Waals surface area contributed by atoms with Crippen molar-refractivity contribution in [2.24, 2.45) is 62.9 Å².